The van der Waals surface area contributed by atoms with Crippen LogP contribution in [0.4, 0.5) is 57.6 Å². The van der Waals surface area contributed by atoms with E-state index in [1.807, 2.05) is 67.9 Å². The number of aromatic carboxylic acids is 1. The van der Waals surface area contributed by atoms with Crippen molar-refractivity contribution in [2.45, 2.75) is 97.3 Å². The number of fused-ring (bicyclic) bond motifs is 8. The minimum absolute atomic E-state index is 0.133. The molecule has 19 nitrogen and oxygen atoms in total. The van der Waals surface area contributed by atoms with Gasteiger partial charge in [0.1, 0.15) is 50.6 Å². The number of nitrogens with one attached hydrogen (secondary N) is 2. The van der Waals surface area contributed by atoms with Crippen molar-refractivity contribution in [1.82, 2.24) is 14.9 Å². The van der Waals surface area contributed by atoms with Crippen LogP contribution >= 0.6 is 56.9 Å². The zero-order valence-electron chi connectivity index (χ0n) is 63.9. The summed E-state index contributed by atoms with van der Waals surface area (Å²) in [5.41, 5.74) is 17.2. The molecule has 4 saturated heterocycles. The van der Waals surface area contributed by atoms with Gasteiger partial charge in [0.2, 0.25) is 0 Å². The van der Waals surface area contributed by atoms with Gasteiger partial charge in [0.15, 0.2) is 5.78 Å². The molecule has 12 heterocycles. The first-order chi connectivity index (χ1) is 55.4. The molecule has 18 rings (SSSR count). The fraction of sp³-hybridized carbons (Fsp3) is 0.333. The van der Waals surface area contributed by atoms with Crippen molar-refractivity contribution in [2.24, 2.45) is 10.8 Å². The van der Waals surface area contributed by atoms with Crippen LogP contribution in [0.5, 0.6) is 0 Å². The number of nitrogens with zero attached hydrogens (tertiary/aromatic N) is 7. The number of ketones is 1. The summed E-state index contributed by atoms with van der Waals surface area (Å²) in [5, 5.41) is 20.3. The number of carbonyl (C=O) groups excluding carboxylic acids is 5. The van der Waals surface area contributed by atoms with Crippen LogP contribution < -0.4 is 36.0 Å². The monoisotopic (exact) mass is 1650 g/mol. The summed E-state index contributed by atoms with van der Waals surface area (Å²) in [5.74, 6) is -3.37. The number of carboxylic acids is 1. The molecular weight excluding hydrogens is 1570 g/mol. The predicted octanol–water partition coefficient (Wildman–Crippen LogP) is 17.9. The highest BCUT2D eigenvalue weighted by molar-refractivity contribution is 7.23. The molecule has 0 bridgehead atoms. The molecule has 10 aromatic rings. The van der Waals surface area contributed by atoms with Crippen molar-refractivity contribution < 1.29 is 60.9 Å². The largest absolute Gasteiger partial charge is 0.477 e. The molecule has 5 N–H and O–H groups in total. The third-order valence-corrected chi connectivity index (χ3v) is 27.7. The van der Waals surface area contributed by atoms with Crippen molar-refractivity contribution in [3.05, 3.63) is 237 Å². The Labute approximate surface area is 684 Å². The number of nitrogen functional groups attached to an aromatic ring is 1. The summed E-state index contributed by atoms with van der Waals surface area (Å²) in [6, 6.07) is 32.5. The minimum atomic E-state index is -0.932. The lowest BCUT2D eigenvalue weighted by Crippen LogP contribution is -2.59. The average molecular weight is 1650 g/mol. The summed E-state index contributed by atoms with van der Waals surface area (Å²) < 4.78 is 64.1. The second-order valence-corrected chi connectivity index (χ2v) is 35.0. The Morgan fingerprint density at radius 2 is 0.965 bits per heavy atom. The highest BCUT2D eigenvalue weighted by atomic mass is 35.5. The Kier molecular flexibility index (Phi) is 23.7. The lowest BCUT2D eigenvalue weighted by atomic mass is 9.73. The van der Waals surface area contributed by atoms with Crippen LogP contribution in [0, 0.1) is 34.1 Å². The Morgan fingerprint density at radius 1 is 0.548 bits per heavy atom. The summed E-state index contributed by atoms with van der Waals surface area (Å²) in [6.07, 6.45) is 10.7. The molecule has 8 aliphatic rings. The van der Waals surface area contributed by atoms with E-state index in [9.17, 15) is 51.4 Å². The molecule has 0 unspecified atom stereocenters. The first-order valence-corrected chi connectivity index (χ1v) is 42.1. The maximum Gasteiger partial charge on any atom is 0.345 e. The number of hydrogen-bond donors (Lipinski definition) is 4. The van der Waals surface area contributed by atoms with E-state index >= 15 is 0 Å². The Hall–Kier alpha value is -10.1. The van der Waals surface area contributed by atoms with Gasteiger partial charge in [-0.2, -0.15) is 0 Å². The maximum absolute atomic E-state index is 14.3. The molecule has 2 spiro atoms. The van der Waals surface area contributed by atoms with Crippen molar-refractivity contribution in [1.29, 1.82) is 0 Å². The summed E-state index contributed by atoms with van der Waals surface area (Å²) in [7, 11) is 3.85. The van der Waals surface area contributed by atoms with E-state index in [1.54, 1.807) is 70.5 Å². The standard InChI is InChI=1S/C41H36F2N4O4S2.C34H32N4O5S2.C6H12ClN.C6H5F2N/c42-30-4-2-5-31(43)28(30)21-34(48)35-20-26-11-15-47(33-12-18-52-37(33)36(26)53-35)40(50)24-7-9-27(10-8-24)44-39(49)29-19-25-3-1-6-32(25)45-38(29)46-22-41(23-46)13-16-51-17-14-41;39-31(24-16-21-2-1-3-25(21)36-30(24)37-18-34(19-37)10-13-43-14-11-34)35-23-6-4-20(5-7-23)32(40)38-12-8-22-17-27(33(41)42)45-28(22)29-26(38)9-15-44-29;1-5(2)6(7)8(3)4;7-4-2-1-3-5(8)6(4)9/h2,4-5,7-10,12,18-20H,1,3,6,11,13-17,21-23H2,(H,44,49);4-7,9,15-17H,1-3,8,10-14,18-19H2,(H,35,39)(H,41,42);1-4H3;1-3H,9H2. The van der Waals surface area contributed by atoms with E-state index in [4.69, 9.17) is 36.8 Å². The molecule has 115 heavy (non-hydrogen) atoms. The molecule has 0 atom stereocenters. The van der Waals surface area contributed by atoms with Gasteiger partial charge in [0, 0.05) is 136 Å². The number of carbonyl (C=O) groups is 6. The number of amides is 4. The van der Waals surface area contributed by atoms with Crippen molar-refractivity contribution in [3.63, 3.8) is 0 Å². The number of allylic oxidation sites excluding steroid dienone is 1. The second kappa shape index (κ2) is 34.0. The number of rotatable bonds is 13. The van der Waals surface area contributed by atoms with Gasteiger partial charge in [-0.3, -0.25) is 24.0 Å². The molecule has 4 aromatic carbocycles. The third kappa shape index (κ3) is 17.0. The van der Waals surface area contributed by atoms with E-state index in [0.29, 0.717) is 69.3 Å². The average Bonchev–Trinajstić information content (AvgIpc) is 1.14. The molecule has 6 aromatic heterocycles. The maximum atomic E-state index is 14.3. The number of halogens is 5. The topological polar surface area (TPSA) is 233 Å². The fourth-order valence-electron chi connectivity index (χ4n) is 16.2. The Bertz CT molecular complexity index is 5400. The van der Waals surface area contributed by atoms with Crippen LogP contribution in [0.3, 0.4) is 0 Å². The van der Waals surface area contributed by atoms with Crippen LogP contribution in [0.1, 0.15) is 152 Å². The van der Waals surface area contributed by atoms with Crippen LogP contribution in [-0.2, 0) is 54.4 Å². The van der Waals surface area contributed by atoms with E-state index < -0.39 is 34.9 Å². The molecule has 4 amide bonds. The number of benzene rings is 4. The van der Waals surface area contributed by atoms with E-state index in [1.165, 1.54) is 57.5 Å². The van der Waals surface area contributed by atoms with Gasteiger partial charge in [-0.1, -0.05) is 23.7 Å². The summed E-state index contributed by atoms with van der Waals surface area (Å²) >= 11 is 11.3. The number of aryl methyl sites for hydroxylation is 4. The predicted molar refractivity (Wildman–Crippen MR) is 447 cm³/mol. The van der Waals surface area contributed by atoms with Crippen molar-refractivity contribution in [2.75, 3.05) is 116 Å². The van der Waals surface area contributed by atoms with Crippen LogP contribution in [-0.4, -0.2) is 135 Å². The lowest BCUT2D eigenvalue weighted by Gasteiger charge is -2.53. The SMILES string of the molecule is CC(C)=C(Cl)N(C)C.Nc1c(F)cccc1F.O=C(Cc1c(F)cccc1F)c1cc2c(s1)-c1sccc1N(C(=O)c1ccc(NC(=O)c3cc4c(nc3N3CC5(CCOCC5)C3)CCC4)cc1)CC2.O=C(O)c1cc2c(s1)-c1sccc1N(C(=O)c1ccc(NC(=O)c3cc4c(nc3N3CC5(CCOCC5)C3)CCC4)cc1)CC2. The van der Waals surface area contributed by atoms with Gasteiger partial charge < -0.3 is 55.4 Å². The number of thiophene rings is 4. The van der Waals surface area contributed by atoms with Gasteiger partial charge in [-0.25, -0.2) is 32.3 Å². The minimum Gasteiger partial charge on any atom is -0.477 e. The van der Waals surface area contributed by atoms with Crippen LogP contribution in [0.15, 0.2) is 143 Å². The molecular formula is C87H85ClF4N10O9S4. The number of Topliss-reactive ketones (excluding diaryl/α,β-unsaturated/α-hetero) is 1. The summed E-state index contributed by atoms with van der Waals surface area (Å²) in [4.78, 5) is 104. The smallest absolute Gasteiger partial charge is 0.345 e. The van der Waals surface area contributed by atoms with E-state index in [2.05, 4.69) is 20.4 Å². The molecule has 4 fully saturated rings. The Balaban J connectivity index is 0.000000151. The van der Waals surface area contributed by atoms with Crippen molar-refractivity contribution >= 4 is 132 Å². The summed E-state index contributed by atoms with van der Waals surface area (Å²) in [6.45, 7) is 11.5. The molecule has 6 aliphatic heterocycles. The molecule has 0 radical (unpaired) electrons. The number of carboxylic acid groups (broad SMARTS) is 1. The molecule has 596 valence electrons. The Morgan fingerprint density at radius 3 is 1.37 bits per heavy atom. The van der Waals surface area contributed by atoms with Gasteiger partial charge in [0.05, 0.1) is 46.9 Å². The third-order valence-electron chi connectivity index (χ3n) is 22.4. The zero-order chi connectivity index (χ0) is 80.6. The molecule has 2 aliphatic carbocycles. The fourth-order valence-corrected chi connectivity index (χ4v) is 20.5. The normalized spacial score (nSPS) is 16.3. The highest BCUT2D eigenvalue weighted by Crippen LogP contribution is 2.49. The van der Waals surface area contributed by atoms with Crippen LogP contribution in [0.2, 0.25) is 0 Å². The van der Waals surface area contributed by atoms with Crippen molar-refractivity contribution in [3.8, 4) is 19.5 Å². The number of para-hydroxylation sites is 1. The number of nitrogens with two attached hydrogens (primary N) is 1. The number of ether oxygens (including phenoxy) is 2. The lowest BCUT2D eigenvalue weighted by molar-refractivity contribution is -0.000660. The first-order valence-electron chi connectivity index (χ1n) is 38.4. The quantitative estimate of drug-likeness (QED) is 0.0364. The van der Waals surface area contributed by atoms with Crippen LogP contribution in [0.25, 0.3) is 19.5 Å². The molecule has 0 saturated carbocycles. The highest BCUT2D eigenvalue weighted by Gasteiger charge is 2.47. The number of pyridine rings is 2. The number of aromatic nitrogens is 2. The second-order valence-electron chi connectivity index (χ2n) is 30.7. The number of anilines is 7. The zero-order valence-corrected chi connectivity index (χ0v) is 67.9. The van der Waals surface area contributed by atoms with Gasteiger partial charge in [-0.15, -0.1) is 45.3 Å². The first kappa shape index (κ1) is 80.1. The van der Waals surface area contributed by atoms with Gasteiger partial charge >= 0.3 is 5.97 Å². The van der Waals surface area contributed by atoms with E-state index in [0.717, 1.165) is 228 Å². The van der Waals surface area contributed by atoms with Gasteiger partial charge in [0.25, 0.3) is 23.6 Å². The van der Waals surface area contributed by atoms with E-state index in [-0.39, 0.29) is 52.2 Å². The van der Waals surface area contributed by atoms with Gasteiger partial charge in [-0.05, 0) is 239 Å². The molecule has 28 heteroatoms. The number of hydrogen-bond acceptors (Lipinski definition) is 18.